The van der Waals surface area contributed by atoms with E-state index >= 15 is 0 Å². The van der Waals surface area contributed by atoms with Crippen LogP contribution in [0.3, 0.4) is 0 Å². The van der Waals surface area contributed by atoms with Crippen molar-refractivity contribution in [2.45, 2.75) is 12.6 Å². The number of nitrogens with zero attached hydrogens (tertiary/aromatic N) is 1. The molecule has 98 valence electrons. The molecule has 1 atom stereocenters. The zero-order chi connectivity index (χ0) is 13.1. The summed E-state index contributed by atoms with van der Waals surface area (Å²) in [6, 6.07) is 12.3. The first kappa shape index (κ1) is 12.1. The van der Waals surface area contributed by atoms with Crippen LogP contribution in [0.15, 0.2) is 42.6 Å². The van der Waals surface area contributed by atoms with Gasteiger partial charge in [0.2, 0.25) is 0 Å². The Hall–Kier alpha value is -1.91. The third-order valence-corrected chi connectivity index (χ3v) is 3.32. The van der Waals surface area contributed by atoms with E-state index in [4.69, 9.17) is 10.5 Å². The molecule has 0 amide bonds. The minimum absolute atomic E-state index is 0.0888. The summed E-state index contributed by atoms with van der Waals surface area (Å²) >= 11 is 0. The highest BCUT2D eigenvalue weighted by Gasteiger charge is 2.24. The van der Waals surface area contributed by atoms with E-state index in [1.165, 1.54) is 5.56 Å². The van der Waals surface area contributed by atoms with Crippen LogP contribution in [0, 0.1) is 0 Å². The number of fused-ring (bicyclic) bond motifs is 2. The van der Waals surface area contributed by atoms with Gasteiger partial charge in [0.15, 0.2) is 0 Å². The monoisotopic (exact) mass is 255 g/mol. The minimum Gasteiger partial charge on any atom is -0.487 e. The molecular weight excluding hydrogens is 238 g/mol. The normalized spacial score (nSPS) is 17.0. The molecular formula is C15H17N3O. The number of ether oxygens (including phenoxy) is 1. The standard InChI is InChI=1S/C15H17N3O/c16-7-9-18-15-11-5-3-8-17-13(11)10-19-14-6-2-1-4-12(14)15/h1-6,8,15,18H,7,9-10,16H2/t15-/m1/s1. The molecule has 0 bridgehead atoms. The number of nitrogens with two attached hydrogens (primary N) is 1. The van der Waals surface area contributed by atoms with Crippen LogP contribution in [0.2, 0.25) is 0 Å². The second-order valence-corrected chi connectivity index (χ2v) is 4.54. The lowest BCUT2D eigenvalue weighted by molar-refractivity contribution is 0.302. The molecule has 1 aliphatic rings. The van der Waals surface area contributed by atoms with Gasteiger partial charge in [0, 0.05) is 24.8 Å². The van der Waals surface area contributed by atoms with Crippen molar-refractivity contribution in [1.29, 1.82) is 0 Å². The van der Waals surface area contributed by atoms with Crippen LogP contribution in [-0.4, -0.2) is 18.1 Å². The Bertz CT molecular complexity index is 523. The number of para-hydroxylation sites is 1. The minimum atomic E-state index is 0.0888. The van der Waals surface area contributed by atoms with Gasteiger partial charge in [-0.25, -0.2) is 0 Å². The smallest absolute Gasteiger partial charge is 0.131 e. The molecule has 0 saturated heterocycles. The molecule has 0 radical (unpaired) electrons. The van der Waals surface area contributed by atoms with Gasteiger partial charge in [0.05, 0.1) is 11.7 Å². The molecule has 1 aromatic heterocycles. The summed E-state index contributed by atoms with van der Waals surface area (Å²) < 4.78 is 5.85. The number of nitrogens with one attached hydrogen (secondary N) is 1. The molecule has 0 unspecified atom stereocenters. The van der Waals surface area contributed by atoms with Crippen molar-refractivity contribution in [1.82, 2.24) is 10.3 Å². The summed E-state index contributed by atoms with van der Waals surface area (Å²) in [6.45, 7) is 1.87. The number of benzene rings is 1. The highest BCUT2D eigenvalue weighted by molar-refractivity contribution is 5.44. The van der Waals surface area contributed by atoms with Crippen LogP contribution in [0.5, 0.6) is 5.75 Å². The molecule has 1 aliphatic heterocycles. The Labute approximate surface area is 112 Å². The first-order valence-electron chi connectivity index (χ1n) is 6.49. The molecule has 3 N–H and O–H groups in total. The van der Waals surface area contributed by atoms with Gasteiger partial charge in [-0.15, -0.1) is 0 Å². The number of rotatable bonds is 3. The summed E-state index contributed by atoms with van der Waals surface area (Å²) in [6.07, 6.45) is 1.80. The molecule has 2 heterocycles. The van der Waals surface area contributed by atoms with Crippen molar-refractivity contribution >= 4 is 0 Å². The summed E-state index contributed by atoms with van der Waals surface area (Å²) in [4.78, 5) is 4.42. The average Bonchev–Trinajstić information content (AvgIpc) is 2.62. The molecule has 0 fully saturated rings. The van der Waals surface area contributed by atoms with Gasteiger partial charge in [-0.3, -0.25) is 4.98 Å². The van der Waals surface area contributed by atoms with Crippen LogP contribution < -0.4 is 15.8 Å². The van der Waals surface area contributed by atoms with Gasteiger partial charge in [-0.1, -0.05) is 24.3 Å². The molecule has 0 spiro atoms. The maximum absolute atomic E-state index is 5.85. The third kappa shape index (κ3) is 2.32. The molecule has 1 aromatic carbocycles. The van der Waals surface area contributed by atoms with Gasteiger partial charge in [-0.05, 0) is 17.7 Å². The van der Waals surface area contributed by atoms with Gasteiger partial charge in [-0.2, -0.15) is 0 Å². The highest BCUT2D eigenvalue weighted by Crippen LogP contribution is 2.34. The second kappa shape index (κ2) is 5.38. The van der Waals surface area contributed by atoms with Crippen LogP contribution in [-0.2, 0) is 6.61 Å². The van der Waals surface area contributed by atoms with E-state index in [1.807, 2.05) is 24.3 Å². The molecule has 2 aromatic rings. The first-order chi connectivity index (χ1) is 9.40. The van der Waals surface area contributed by atoms with Crippen molar-refractivity contribution < 1.29 is 4.74 Å². The zero-order valence-corrected chi connectivity index (χ0v) is 10.7. The van der Waals surface area contributed by atoms with E-state index in [2.05, 4.69) is 22.4 Å². The van der Waals surface area contributed by atoms with Gasteiger partial charge < -0.3 is 15.8 Å². The number of aromatic nitrogens is 1. The Morgan fingerprint density at radius 1 is 1.21 bits per heavy atom. The van der Waals surface area contributed by atoms with Gasteiger partial charge in [0.25, 0.3) is 0 Å². The second-order valence-electron chi connectivity index (χ2n) is 4.54. The summed E-state index contributed by atoms with van der Waals surface area (Å²) in [5.41, 5.74) is 8.90. The fourth-order valence-electron chi connectivity index (χ4n) is 2.45. The van der Waals surface area contributed by atoms with Crippen molar-refractivity contribution in [2.24, 2.45) is 5.73 Å². The predicted octanol–water partition coefficient (Wildman–Crippen LogP) is 1.61. The maximum atomic E-state index is 5.85. The van der Waals surface area contributed by atoms with Crippen LogP contribution in [0.1, 0.15) is 22.9 Å². The van der Waals surface area contributed by atoms with E-state index in [9.17, 15) is 0 Å². The molecule has 0 saturated carbocycles. The largest absolute Gasteiger partial charge is 0.487 e. The van der Waals surface area contributed by atoms with Gasteiger partial charge in [0.1, 0.15) is 12.4 Å². The SMILES string of the molecule is NCCN[C@H]1c2ccccc2OCc2ncccc21. The lowest BCUT2D eigenvalue weighted by Gasteiger charge is -2.19. The molecule has 4 nitrogen and oxygen atoms in total. The average molecular weight is 255 g/mol. The van der Waals surface area contributed by atoms with Crippen LogP contribution >= 0.6 is 0 Å². The fourth-order valence-corrected chi connectivity index (χ4v) is 2.45. The third-order valence-electron chi connectivity index (χ3n) is 3.32. The van der Waals surface area contributed by atoms with E-state index in [1.54, 1.807) is 6.20 Å². The van der Waals surface area contributed by atoms with Crippen molar-refractivity contribution in [3.63, 3.8) is 0 Å². The zero-order valence-electron chi connectivity index (χ0n) is 10.7. The predicted molar refractivity (Wildman–Crippen MR) is 73.9 cm³/mol. The molecule has 3 rings (SSSR count). The lowest BCUT2D eigenvalue weighted by Crippen LogP contribution is -2.28. The summed E-state index contributed by atoms with van der Waals surface area (Å²) in [5.74, 6) is 0.912. The Morgan fingerprint density at radius 2 is 2.05 bits per heavy atom. The summed E-state index contributed by atoms with van der Waals surface area (Å²) in [7, 11) is 0. The molecule has 0 aliphatic carbocycles. The van der Waals surface area contributed by atoms with E-state index < -0.39 is 0 Å². The van der Waals surface area contributed by atoms with Crippen LogP contribution in [0.25, 0.3) is 0 Å². The van der Waals surface area contributed by atoms with E-state index in [-0.39, 0.29) is 6.04 Å². The highest BCUT2D eigenvalue weighted by atomic mass is 16.5. The number of hydrogen-bond donors (Lipinski definition) is 2. The maximum Gasteiger partial charge on any atom is 0.131 e. The van der Waals surface area contributed by atoms with E-state index in [0.717, 1.165) is 23.6 Å². The fraction of sp³-hybridized carbons (Fsp3) is 0.267. The number of hydrogen-bond acceptors (Lipinski definition) is 4. The Balaban J connectivity index is 2.08. The van der Waals surface area contributed by atoms with Crippen LogP contribution in [0.4, 0.5) is 0 Å². The molecule has 19 heavy (non-hydrogen) atoms. The first-order valence-corrected chi connectivity index (χ1v) is 6.49. The lowest BCUT2D eigenvalue weighted by atomic mass is 9.97. The topological polar surface area (TPSA) is 60.2 Å². The number of pyridine rings is 1. The van der Waals surface area contributed by atoms with Crippen molar-refractivity contribution in [3.05, 3.63) is 59.4 Å². The van der Waals surface area contributed by atoms with Crippen molar-refractivity contribution in [2.75, 3.05) is 13.1 Å². The van der Waals surface area contributed by atoms with E-state index in [0.29, 0.717) is 13.2 Å². The Kier molecular flexibility index (Phi) is 3.44. The van der Waals surface area contributed by atoms with Gasteiger partial charge >= 0.3 is 0 Å². The quantitative estimate of drug-likeness (QED) is 0.875. The molecule has 4 heteroatoms. The summed E-state index contributed by atoms with van der Waals surface area (Å²) in [5, 5.41) is 3.48. The Morgan fingerprint density at radius 3 is 2.95 bits per heavy atom. The van der Waals surface area contributed by atoms with Crippen molar-refractivity contribution in [3.8, 4) is 5.75 Å².